The van der Waals surface area contributed by atoms with Gasteiger partial charge in [-0.1, -0.05) is 55.9 Å². The maximum Gasteiger partial charge on any atom is 0.399 e. The first kappa shape index (κ1) is 28.3. The van der Waals surface area contributed by atoms with Crippen LogP contribution in [-0.2, 0) is 36.9 Å². The molecular formula is C17H36O8P2S. The Balaban J connectivity index is 0.000000504. The van der Waals surface area contributed by atoms with Crippen molar-refractivity contribution in [2.24, 2.45) is 21.7 Å². The Labute approximate surface area is 173 Å². The topological polar surface area (TPSA) is 97.4 Å². The van der Waals surface area contributed by atoms with Crippen LogP contribution in [0, 0.1) is 21.7 Å². The third-order valence-electron chi connectivity index (χ3n) is 5.65. The summed E-state index contributed by atoms with van der Waals surface area (Å²) < 4.78 is 56.9. The van der Waals surface area contributed by atoms with Crippen LogP contribution in [0.15, 0.2) is 0 Å². The van der Waals surface area contributed by atoms with Crippen LogP contribution in [0.1, 0.15) is 55.9 Å². The zero-order chi connectivity index (χ0) is 21.0. The minimum absolute atomic E-state index is 0. The summed E-state index contributed by atoms with van der Waals surface area (Å²) in [7, 11) is -3.88. The van der Waals surface area contributed by atoms with E-state index in [-0.39, 0.29) is 60.0 Å². The first-order valence-corrected chi connectivity index (χ1v) is 11.5. The van der Waals surface area contributed by atoms with Crippen molar-refractivity contribution in [2.45, 2.75) is 55.9 Å². The van der Waals surface area contributed by atoms with Gasteiger partial charge in [0.1, 0.15) is 0 Å². The van der Waals surface area contributed by atoms with Crippen molar-refractivity contribution < 1.29 is 34.9 Å². The number of hydrogen-bond acceptors (Lipinski definition) is 8. The van der Waals surface area contributed by atoms with Gasteiger partial charge >= 0.3 is 19.1 Å². The summed E-state index contributed by atoms with van der Waals surface area (Å²) in [6.45, 7) is 16.4. The molecule has 0 radical (unpaired) electrons. The Bertz CT molecular complexity index is 575. The van der Waals surface area contributed by atoms with E-state index in [1.165, 1.54) is 0 Å². The van der Waals surface area contributed by atoms with Gasteiger partial charge in [-0.2, -0.15) is 8.42 Å². The highest BCUT2D eigenvalue weighted by Gasteiger charge is 2.45. The third-order valence-corrected chi connectivity index (χ3v) is 7.23. The van der Waals surface area contributed by atoms with Crippen LogP contribution in [0.4, 0.5) is 0 Å². The molecule has 0 saturated carbocycles. The van der Waals surface area contributed by atoms with Crippen LogP contribution in [0.3, 0.4) is 0 Å². The number of rotatable bonds is 3. The first-order chi connectivity index (χ1) is 12.2. The normalized spacial score (nSPS) is 28.1. The summed E-state index contributed by atoms with van der Waals surface area (Å²) in [6.07, 6.45) is 0. The van der Waals surface area contributed by atoms with Crippen molar-refractivity contribution in [2.75, 3.05) is 33.0 Å². The number of hydrogen-bond donors (Lipinski definition) is 0. The van der Waals surface area contributed by atoms with Crippen LogP contribution >= 0.6 is 17.7 Å². The minimum atomic E-state index is -3.71. The van der Waals surface area contributed by atoms with E-state index in [0.29, 0.717) is 19.8 Å². The third kappa shape index (κ3) is 7.51. The lowest BCUT2D eigenvalue weighted by molar-refractivity contribution is -0.0662. The highest BCUT2D eigenvalue weighted by Crippen LogP contribution is 2.45. The lowest BCUT2D eigenvalue weighted by atomic mass is 9.68. The fourth-order valence-corrected chi connectivity index (χ4v) is 4.15. The summed E-state index contributed by atoms with van der Waals surface area (Å²) in [5, 5.41) is 0. The van der Waals surface area contributed by atoms with Gasteiger partial charge in [0.05, 0.1) is 33.0 Å². The monoisotopic (exact) mass is 462 g/mol. The van der Waals surface area contributed by atoms with E-state index in [9.17, 15) is 13.0 Å². The Morgan fingerprint density at radius 3 is 1.79 bits per heavy atom. The standard InChI is InChI=1S/C8H16O4P2.C8H16O4S.CH4/c1-7(2,3)8(4-10-13-9)5-11-14-12-6-8;1-7(2,3)8(4)5-11-13(9,10)12-6-8;/h14H,4-6H2,1-3H3;5-6H2,1-4H3;1H4. The van der Waals surface area contributed by atoms with E-state index in [0.717, 1.165) is 0 Å². The molecule has 0 aliphatic carbocycles. The van der Waals surface area contributed by atoms with Gasteiger partial charge in [0.25, 0.3) is 0 Å². The smallest absolute Gasteiger partial charge is 0.336 e. The summed E-state index contributed by atoms with van der Waals surface area (Å²) in [5.41, 5.74) is -0.487. The maximum absolute atomic E-state index is 10.8. The molecular weight excluding hydrogens is 426 g/mol. The highest BCUT2D eigenvalue weighted by atomic mass is 32.3. The lowest BCUT2D eigenvalue weighted by Gasteiger charge is -2.45. The molecule has 0 aromatic rings. The Morgan fingerprint density at radius 2 is 1.43 bits per heavy atom. The predicted octanol–water partition coefficient (Wildman–Crippen LogP) is 4.76. The van der Waals surface area contributed by atoms with Crippen molar-refractivity contribution in [3.63, 3.8) is 0 Å². The average molecular weight is 462 g/mol. The van der Waals surface area contributed by atoms with Crippen molar-refractivity contribution >= 4 is 28.1 Å². The average Bonchev–Trinajstić information content (AvgIpc) is 2.55. The summed E-state index contributed by atoms with van der Waals surface area (Å²) in [6, 6.07) is 0. The molecule has 8 nitrogen and oxygen atoms in total. The fraction of sp³-hybridized carbons (Fsp3) is 1.00. The summed E-state index contributed by atoms with van der Waals surface area (Å²) in [4.78, 5) is 0. The van der Waals surface area contributed by atoms with Crippen LogP contribution < -0.4 is 0 Å². The first-order valence-electron chi connectivity index (χ1n) is 8.65. The molecule has 2 saturated heterocycles. The van der Waals surface area contributed by atoms with Gasteiger partial charge in [-0.15, -0.1) is 0 Å². The SMILES string of the molecule is C.CC(C)(C)C1(C)COS(=O)(=O)OC1.CC(C)(C)C1(COP=O)COPOC1. The van der Waals surface area contributed by atoms with Crippen LogP contribution in [0.25, 0.3) is 0 Å². The second-order valence-electron chi connectivity index (χ2n) is 9.28. The minimum Gasteiger partial charge on any atom is -0.336 e. The highest BCUT2D eigenvalue weighted by molar-refractivity contribution is 7.81. The largest absolute Gasteiger partial charge is 0.399 e. The fourth-order valence-electron chi connectivity index (χ4n) is 2.21. The molecule has 0 amide bonds. The summed E-state index contributed by atoms with van der Waals surface area (Å²) >= 11 is 0. The quantitative estimate of drug-likeness (QED) is 0.554. The molecule has 11 heteroatoms. The van der Waals surface area contributed by atoms with E-state index in [2.05, 4.69) is 29.1 Å². The predicted molar refractivity (Wildman–Crippen MR) is 111 cm³/mol. The zero-order valence-electron chi connectivity index (χ0n) is 17.2. The van der Waals surface area contributed by atoms with Crippen LogP contribution in [0.2, 0.25) is 0 Å². The van der Waals surface area contributed by atoms with Gasteiger partial charge in [0.2, 0.25) is 0 Å². The van der Waals surface area contributed by atoms with E-state index in [4.69, 9.17) is 13.6 Å². The van der Waals surface area contributed by atoms with Gasteiger partial charge < -0.3 is 9.05 Å². The van der Waals surface area contributed by atoms with E-state index >= 15 is 0 Å². The Kier molecular flexibility index (Phi) is 10.6. The molecule has 2 aliphatic rings. The molecule has 2 aliphatic heterocycles. The molecule has 0 aromatic carbocycles. The Morgan fingerprint density at radius 1 is 0.964 bits per heavy atom. The molecule has 0 bridgehead atoms. The van der Waals surface area contributed by atoms with Crippen molar-refractivity contribution in [1.29, 1.82) is 0 Å². The Hall–Kier alpha value is 0.280. The van der Waals surface area contributed by atoms with Gasteiger partial charge in [-0.05, 0) is 10.8 Å². The van der Waals surface area contributed by atoms with Crippen LogP contribution in [0.5, 0.6) is 0 Å². The lowest BCUT2D eigenvalue weighted by Crippen LogP contribution is -2.47. The van der Waals surface area contributed by atoms with Gasteiger partial charge in [-0.25, -0.2) is 12.9 Å². The molecule has 2 fully saturated rings. The van der Waals surface area contributed by atoms with Gasteiger partial charge in [0.15, 0.2) is 9.03 Å². The van der Waals surface area contributed by atoms with E-state index in [1.54, 1.807) is 0 Å². The van der Waals surface area contributed by atoms with E-state index < -0.39 is 10.4 Å². The molecule has 168 valence electrons. The van der Waals surface area contributed by atoms with E-state index in [1.807, 2.05) is 27.7 Å². The second kappa shape index (κ2) is 10.5. The van der Waals surface area contributed by atoms with Crippen molar-refractivity contribution in [3.05, 3.63) is 0 Å². The molecule has 0 aromatic heterocycles. The van der Waals surface area contributed by atoms with Gasteiger partial charge in [-0.3, -0.25) is 4.52 Å². The van der Waals surface area contributed by atoms with Crippen molar-refractivity contribution in [1.82, 2.24) is 0 Å². The zero-order valence-corrected chi connectivity index (χ0v) is 19.9. The molecule has 2 rings (SSSR count). The maximum atomic E-state index is 10.8. The molecule has 0 atom stereocenters. The molecule has 2 heterocycles. The van der Waals surface area contributed by atoms with Gasteiger partial charge in [0, 0.05) is 10.8 Å². The molecule has 0 spiro atoms. The summed E-state index contributed by atoms with van der Waals surface area (Å²) in [5.74, 6) is 0. The molecule has 0 unspecified atom stereocenters. The molecule has 28 heavy (non-hydrogen) atoms. The second-order valence-corrected chi connectivity index (χ2v) is 11.7. The van der Waals surface area contributed by atoms with Crippen molar-refractivity contribution in [3.8, 4) is 0 Å². The van der Waals surface area contributed by atoms with Crippen LogP contribution in [-0.4, -0.2) is 41.5 Å². The molecule has 0 N–H and O–H groups in total.